The second-order valence-electron chi connectivity index (χ2n) is 5.57. The molecule has 4 nitrogen and oxygen atoms in total. The van der Waals surface area contributed by atoms with Crippen molar-refractivity contribution in [3.8, 4) is 0 Å². The molecule has 0 aromatic carbocycles. The van der Waals surface area contributed by atoms with E-state index in [1.165, 1.54) is 12.5 Å². The summed E-state index contributed by atoms with van der Waals surface area (Å²) in [6, 6.07) is 1.76. The summed E-state index contributed by atoms with van der Waals surface area (Å²) in [5.41, 5.74) is 5.51. The minimum Gasteiger partial charge on any atom is -0.384 e. The van der Waals surface area contributed by atoms with E-state index >= 15 is 0 Å². The van der Waals surface area contributed by atoms with Crippen molar-refractivity contribution in [2.75, 3.05) is 17.2 Å². The van der Waals surface area contributed by atoms with Crippen molar-refractivity contribution in [2.24, 2.45) is 5.92 Å². The predicted octanol–water partition coefficient (Wildman–Crippen LogP) is 2.85. The maximum Gasteiger partial charge on any atom is 0.451 e. The SMILES string of the molecule is Nc1cc(N2CCC3CCCCC32)nc(C(F)(F)F)n1. The second kappa shape index (κ2) is 4.79. The lowest BCUT2D eigenvalue weighted by atomic mass is 9.85. The van der Waals surface area contributed by atoms with Crippen molar-refractivity contribution >= 4 is 11.6 Å². The normalized spacial score (nSPS) is 26.6. The predicted molar refractivity (Wildman–Crippen MR) is 69.2 cm³/mol. The molecule has 2 N–H and O–H groups in total. The minimum absolute atomic E-state index is 0.124. The first-order valence-corrected chi connectivity index (χ1v) is 6.93. The fourth-order valence-corrected chi connectivity index (χ4v) is 3.42. The van der Waals surface area contributed by atoms with Gasteiger partial charge in [-0.25, -0.2) is 9.97 Å². The first kappa shape index (κ1) is 13.5. The van der Waals surface area contributed by atoms with Gasteiger partial charge in [-0.3, -0.25) is 0 Å². The van der Waals surface area contributed by atoms with Crippen LogP contribution in [0.3, 0.4) is 0 Å². The number of rotatable bonds is 1. The summed E-state index contributed by atoms with van der Waals surface area (Å²) < 4.78 is 38.3. The van der Waals surface area contributed by atoms with Crippen molar-refractivity contribution in [1.29, 1.82) is 0 Å². The molecule has 7 heteroatoms. The molecule has 3 rings (SSSR count). The molecule has 1 aromatic rings. The van der Waals surface area contributed by atoms with E-state index in [-0.39, 0.29) is 5.82 Å². The van der Waals surface area contributed by atoms with Gasteiger partial charge in [-0.15, -0.1) is 0 Å². The van der Waals surface area contributed by atoms with Gasteiger partial charge in [0.2, 0.25) is 5.82 Å². The van der Waals surface area contributed by atoms with Gasteiger partial charge in [0.1, 0.15) is 11.6 Å². The van der Waals surface area contributed by atoms with E-state index < -0.39 is 12.0 Å². The highest BCUT2D eigenvalue weighted by atomic mass is 19.4. The lowest BCUT2D eigenvalue weighted by molar-refractivity contribution is -0.144. The third-order valence-corrected chi connectivity index (χ3v) is 4.29. The van der Waals surface area contributed by atoms with Crippen molar-refractivity contribution in [2.45, 2.75) is 44.3 Å². The van der Waals surface area contributed by atoms with Crippen molar-refractivity contribution in [1.82, 2.24) is 9.97 Å². The smallest absolute Gasteiger partial charge is 0.384 e. The van der Waals surface area contributed by atoms with Gasteiger partial charge in [0.25, 0.3) is 0 Å². The Balaban J connectivity index is 1.92. The summed E-state index contributed by atoms with van der Waals surface area (Å²) in [5.74, 6) is -0.373. The van der Waals surface area contributed by atoms with Crippen LogP contribution in [0.25, 0.3) is 0 Å². The van der Waals surface area contributed by atoms with E-state index in [0.29, 0.717) is 17.8 Å². The van der Waals surface area contributed by atoms with Gasteiger partial charge in [0.05, 0.1) is 0 Å². The Labute approximate surface area is 115 Å². The van der Waals surface area contributed by atoms with Crippen LogP contribution in [0.1, 0.15) is 37.9 Å². The van der Waals surface area contributed by atoms with Gasteiger partial charge in [-0.1, -0.05) is 12.8 Å². The quantitative estimate of drug-likeness (QED) is 0.862. The highest BCUT2D eigenvalue weighted by Crippen LogP contribution is 2.39. The highest BCUT2D eigenvalue weighted by Gasteiger charge is 2.39. The molecule has 2 heterocycles. The molecule has 1 saturated heterocycles. The van der Waals surface area contributed by atoms with E-state index in [2.05, 4.69) is 9.97 Å². The Morgan fingerprint density at radius 2 is 1.90 bits per heavy atom. The molecule has 2 aliphatic rings. The zero-order valence-corrected chi connectivity index (χ0v) is 11.0. The average molecular weight is 286 g/mol. The molecule has 0 spiro atoms. The number of hydrogen-bond donors (Lipinski definition) is 1. The molecule has 2 atom stereocenters. The number of alkyl halides is 3. The van der Waals surface area contributed by atoms with Crippen LogP contribution in [-0.2, 0) is 6.18 Å². The van der Waals surface area contributed by atoms with Gasteiger partial charge in [-0.2, -0.15) is 13.2 Å². The van der Waals surface area contributed by atoms with Crippen LogP contribution in [0.15, 0.2) is 6.07 Å². The third kappa shape index (κ3) is 2.41. The van der Waals surface area contributed by atoms with Crippen LogP contribution in [0.2, 0.25) is 0 Å². The van der Waals surface area contributed by atoms with Crippen molar-refractivity contribution in [3.05, 3.63) is 11.9 Å². The summed E-state index contributed by atoms with van der Waals surface area (Å²) in [4.78, 5) is 8.97. The highest BCUT2D eigenvalue weighted by molar-refractivity contribution is 5.49. The minimum atomic E-state index is -4.56. The molecular formula is C13H17F3N4. The summed E-state index contributed by atoms with van der Waals surface area (Å²) >= 11 is 0. The molecule has 1 aliphatic heterocycles. The molecular weight excluding hydrogens is 269 g/mol. The molecule has 1 saturated carbocycles. The van der Waals surface area contributed by atoms with Crippen LogP contribution in [0, 0.1) is 5.92 Å². The van der Waals surface area contributed by atoms with Crippen LogP contribution >= 0.6 is 0 Å². The largest absolute Gasteiger partial charge is 0.451 e. The summed E-state index contributed by atoms with van der Waals surface area (Å²) in [6.07, 6.45) is 0.995. The molecule has 1 aliphatic carbocycles. The van der Waals surface area contributed by atoms with Crippen LogP contribution in [0.4, 0.5) is 24.8 Å². The number of anilines is 2. The van der Waals surface area contributed by atoms with Crippen LogP contribution in [-0.4, -0.2) is 22.6 Å². The lowest BCUT2D eigenvalue weighted by Gasteiger charge is -2.32. The maximum atomic E-state index is 12.8. The van der Waals surface area contributed by atoms with E-state index in [0.717, 1.165) is 32.2 Å². The van der Waals surface area contributed by atoms with Gasteiger partial charge >= 0.3 is 6.18 Å². The standard InChI is InChI=1S/C13H17F3N4/c14-13(15,16)12-18-10(17)7-11(19-12)20-6-5-8-3-1-2-4-9(8)20/h7-9H,1-6H2,(H2,17,18,19). The zero-order chi connectivity index (χ0) is 14.3. The fourth-order valence-electron chi connectivity index (χ4n) is 3.42. The van der Waals surface area contributed by atoms with Gasteiger partial charge < -0.3 is 10.6 Å². The van der Waals surface area contributed by atoms with E-state index in [1.807, 2.05) is 4.90 Å². The number of nitrogens with two attached hydrogens (primary N) is 1. The van der Waals surface area contributed by atoms with Crippen molar-refractivity contribution in [3.63, 3.8) is 0 Å². The number of halogens is 3. The first-order valence-electron chi connectivity index (χ1n) is 6.93. The number of fused-ring (bicyclic) bond motifs is 1. The Hall–Kier alpha value is -1.53. The fraction of sp³-hybridized carbons (Fsp3) is 0.692. The summed E-state index contributed by atoms with van der Waals surface area (Å²) in [5, 5.41) is 0. The van der Waals surface area contributed by atoms with Gasteiger partial charge in [0, 0.05) is 18.7 Å². The molecule has 0 amide bonds. The van der Waals surface area contributed by atoms with E-state index in [4.69, 9.17) is 5.73 Å². The topological polar surface area (TPSA) is 55.0 Å². The number of aromatic nitrogens is 2. The zero-order valence-electron chi connectivity index (χ0n) is 11.0. The molecule has 1 aromatic heterocycles. The Morgan fingerprint density at radius 3 is 2.65 bits per heavy atom. The summed E-state index contributed by atoms with van der Waals surface area (Å²) in [7, 11) is 0. The monoisotopic (exact) mass is 286 g/mol. The molecule has 0 bridgehead atoms. The molecule has 110 valence electrons. The van der Waals surface area contributed by atoms with Gasteiger partial charge in [0.15, 0.2) is 0 Å². The van der Waals surface area contributed by atoms with Crippen LogP contribution < -0.4 is 10.6 Å². The van der Waals surface area contributed by atoms with E-state index in [1.54, 1.807) is 0 Å². The molecule has 2 fully saturated rings. The second-order valence-corrected chi connectivity index (χ2v) is 5.57. The maximum absolute atomic E-state index is 12.8. The summed E-state index contributed by atoms with van der Waals surface area (Å²) in [6.45, 7) is 0.753. The molecule has 20 heavy (non-hydrogen) atoms. The Bertz CT molecular complexity index is 503. The lowest BCUT2D eigenvalue weighted by Crippen LogP contribution is -2.35. The first-order chi connectivity index (χ1) is 9.45. The molecule has 2 unspecified atom stereocenters. The van der Waals surface area contributed by atoms with Crippen molar-refractivity contribution < 1.29 is 13.2 Å². The Morgan fingerprint density at radius 1 is 1.15 bits per heavy atom. The van der Waals surface area contributed by atoms with Gasteiger partial charge in [-0.05, 0) is 25.2 Å². The Kier molecular flexibility index (Phi) is 3.22. The van der Waals surface area contributed by atoms with E-state index in [9.17, 15) is 13.2 Å². The number of nitrogen functional groups attached to an aromatic ring is 1. The third-order valence-electron chi connectivity index (χ3n) is 4.29. The average Bonchev–Trinajstić information content (AvgIpc) is 2.80. The number of nitrogens with zero attached hydrogens (tertiary/aromatic N) is 3. The molecule has 0 radical (unpaired) electrons. The number of hydrogen-bond acceptors (Lipinski definition) is 4. The van der Waals surface area contributed by atoms with Crippen LogP contribution in [0.5, 0.6) is 0 Å².